The number of hydrogen-bond acceptors (Lipinski definition) is 3. The molecule has 1 amide bonds. The van der Waals surface area contributed by atoms with Gasteiger partial charge in [-0.25, -0.2) is 8.42 Å². The van der Waals surface area contributed by atoms with E-state index in [4.69, 9.17) is 0 Å². The van der Waals surface area contributed by atoms with Gasteiger partial charge in [-0.05, 0) is 54.5 Å². The van der Waals surface area contributed by atoms with E-state index in [9.17, 15) is 13.2 Å². The van der Waals surface area contributed by atoms with Crippen LogP contribution in [0.25, 0.3) is 0 Å². The van der Waals surface area contributed by atoms with Gasteiger partial charge in [-0.3, -0.25) is 4.79 Å². The third kappa shape index (κ3) is 3.27. The van der Waals surface area contributed by atoms with Crippen molar-refractivity contribution in [2.75, 3.05) is 18.4 Å². The number of aryl methyl sites for hydroxylation is 1. The molecule has 4 rings (SSSR count). The Hall–Kier alpha value is -2.18. The molecule has 2 aliphatic rings. The normalized spacial score (nSPS) is 21.1. The molecule has 1 atom stereocenters. The number of nitrogens with one attached hydrogen (secondary N) is 1. The van der Waals surface area contributed by atoms with Gasteiger partial charge in [-0.2, -0.15) is 4.31 Å². The number of benzene rings is 2. The van der Waals surface area contributed by atoms with Crippen LogP contribution in [0.4, 0.5) is 5.69 Å². The lowest BCUT2D eigenvalue weighted by Gasteiger charge is -2.18. The maximum atomic E-state index is 13.1. The van der Waals surface area contributed by atoms with Gasteiger partial charge in [0, 0.05) is 25.2 Å². The Kier molecular flexibility index (Phi) is 4.54. The zero-order valence-electron chi connectivity index (χ0n) is 14.5. The summed E-state index contributed by atoms with van der Waals surface area (Å²) < 4.78 is 27.8. The number of rotatable bonds is 3. The van der Waals surface area contributed by atoms with E-state index >= 15 is 0 Å². The van der Waals surface area contributed by atoms with Crippen molar-refractivity contribution in [3.8, 4) is 0 Å². The lowest BCUT2D eigenvalue weighted by Crippen LogP contribution is -2.28. The van der Waals surface area contributed by atoms with Gasteiger partial charge in [-0.15, -0.1) is 0 Å². The van der Waals surface area contributed by atoms with E-state index in [2.05, 4.69) is 17.4 Å². The molecule has 1 saturated heterocycles. The Morgan fingerprint density at radius 2 is 1.85 bits per heavy atom. The van der Waals surface area contributed by atoms with Crippen molar-refractivity contribution in [3.05, 3.63) is 59.7 Å². The lowest BCUT2D eigenvalue weighted by molar-refractivity contribution is -0.116. The summed E-state index contributed by atoms with van der Waals surface area (Å²) in [6.45, 7) is 1.05. The minimum atomic E-state index is -3.52. The fraction of sp³-hybridized carbons (Fsp3) is 0.350. The highest BCUT2D eigenvalue weighted by Crippen LogP contribution is 2.32. The van der Waals surface area contributed by atoms with E-state index in [1.165, 1.54) is 5.56 Å². The third-order valence-corrected chi connectivity index (χ3v) is 7.12. The molecular weight excluding hydrogens is 348 g/mol. The van der Waals surface area contributed by atoms with E-state index in [-0.39, 0.29) is 11.8 Å². The van der Waals surface area contributed by atoms with Gasteiger partial charge < -0.3 is 5.32 Å². The second-order valence-corrected chi connectivity index (χ2v) is 8.92. The number of fused-ring (bicyclic) bond motifs is 1. The van der Waals surface area contributed by atoms with E-state index < -0.39 is 10.0 Å². The average Bonchev–Trinajstić information content (AvgIpc) is 3.07. The molecule has 2 heterocycles. The van der Waals surface area contributed by atoms with Crippen LogP contribution in [-0.2, 0) is 21.2 Å². The van der Waals surface area contributed by atoms with Gasteiger partial charge in [0.15, 0.2) is 0 Å². The molecule has 6 heteroatoms. The molecule has 2 aliphatic heterocycles. The smallest absolute Gasteiger partial charge is 0.243 e. The molecule has 0 aliphatic carbocycles. The molecule has 5 nitrogen and oxygen atoms in total. The minimum Gasteiger partial charge on any atom is -0.326 e. The fourth-order valence-electron chi connectivity index (χ4n) is 3.80. The molecular formula is C20H22N2O3S. The number of carbonyl (C=O) groups is 1. The number of nitrogens with zero attached hydrogens (tertiary/aromatic N) is 1. The van der Waals surface area contributed by atoms with Gasteiger partial charge in [0.2, 0.25) is 15.9 Å². The van der Waals surface area contributed by atoms with Crippen LogP contribution in [0.5, 0.6) is 0 Å². The second kappa shape index (κ2) is 6.85. The van der Waals surface area contributed by atoms with E-state index in [0.29, 0.717) is 30.8 Å². The maximum absolute atomic E-state index is 13.1. The average molecular weight is 370 g/mol. The molecule has 0 bridgehead atoms. The Morgan fingerprint density at radius 1 is 1.04 bits per heavy atom. The van der Waals surface area contributed by atoms with Gasteiger partial charge in [0.1, 0.15) is 0 Å². The van der Waals surface area contributed by atoms with Crippen LogP contribution in [0.3, 0.4) is 0 Å². The van der Waals surface area contributed by atoms with Gasteiger partial charge in [-0.1, -0.05) is 30.3 Å². The minimum absolute atomic E-state index is 0.00963. The Labute approximate surface area is 154 Å². The highest BCUT2D eigenvalue weighted by Gasteiger charge is 2.33. The molecule has 0 spiro atoms. The number of anilines is 1. The molecule has 0 radical (unpaired) electrons. The van der Waals surface area contributed by atoms with Gasteiger partial charge in [0.05, 0.1) is 4.90 Å². The van der Waals surface area contributed by atoms with E-state index in [0.717, 1.165) is 24.1 Å². The largest absolute Gasteiger partial charge is 0.326 e. The summed E-state index contributed by atoms with van der Waals surface area (Å²) in [6.07, 6.45) is 2.76. The SMILES string of the molecule is O=C1CCCc2cc(S(=O)(=O)N3CCC(c4ccccc4)C3)ccc2N1. The van der Waals surface area contributed by atoms with Gasteiger partial charge >= 0.3 is 0 Å². The number of amides is 1. The predicted molar refractivity (Wildman–Crippen MR) is 101 cm³/mol. The van der Waals surface area contributed by atoms with Crippen LogP contribution in [0.15, 0.2) is 53.4 Å². The van der Waals surface area contributed by atoms with Gasteiger partial charge in [0.25, 0.3) is 0 Å². The molecule has 0 aromatic heterocycles. The summed E-state index contributed by atoms with van der Waals surface area (Å²) in [5.41, 5.74) is 2.82. The second-order valence-electron chi connectivity index (χ2n) is 6.98. The molecule has 2 aromatic carbocycles. The van der Waals surface area contributed by atoms with E-state index in [1.807, 2.05) is 18.2 Å². The topological polar surface area (TPSA) is 66.5 Å². The van der Waals surface area contributed by atoms with Crippen molar-refractivity contribution >= 4 is 21.6 Å². The van der Waals surface area contributed by atoms with Crippen molar-refractivity contribution in [1.82, 2.24) is 4.31 Å². The molecule has 1 N–H and O–H groups in total. The monoisotopic (exact) mass is 370 g/mol. The number of hydrogen-bond donors (Lipinski definition) is 1. The Bertz CT molecular complexity index is 925. The molecule has 1 unspecified atom stereocenters. The summed E-state index contributed by atoms with van der Waals surface area (Å²) in [7, 11) is -3.52. The molecule has 26 heavy (non-hydrogen) atoms. The maximum Gasteiger partial charge on any atom is 0.243 e. The summed E-state index contributed by atoms with van der Waals surface area (Å²) >= 11 is 0. The van der Waals surface area contributed by atoms with Crippen LogP contribution in [-0.4, -0.2) is 31.7 Å². The molecule has 2 aromatic rings. The number of carbonyl (C=O) groups excluding carboxylic acids is 1. The Morgan fingerprint density at radius 3 is 2.65 bits per heavy atom. The van der Waals surface area contributed by atoms with Crippen LogP contribution >= 0.6 is 0 Å². The summed E-state index contributed by atoms with van der Waals surface area (Å²) in [4.78, 5) is 12.0. The van der Waals surface area contributed by atoms with Crippen LogP contribution < -0.4 is 5.32 Å². The van der Waals surface area contributed by atoms with E-state index in [1.54, 1.807) is 22.5 Å². The highest BCUT2D eigenvalue weighted by molar-refractivity contribution is 7.89. The van der Waals surface area contributed by atoms with Crippen molar-refractivity contribution in [1.29, 1.82) is 0 Å². The fourth-order valence-corrected chi connectivity index (χ4v) is 5.36. The summed E-state index contributed by atoms with van der Waals surface area (Å²) in [5, 5.41) is 2.85. The van der Waals surface area contributed by atoms with Crippen LogP contribution in [0, 0.1) is 0 Å². The van der Waals surface area contributed by atoms with Crippen LogP contribution in [0.2, 0.25) is 0 Å². The van der Waals surface area contributed by atoms with Crippen LogP contribution in [0.1, 0.15) is 36.3 Å². The summed E-state index contributed by atoms with van der Waals surface area (Å²) in [5.74, 6) is 0.232. The van der Waals surface area contributed by atoms with Crippen molar-refractivity contribution in [2.24, 2.45) is 0 Å². The summed E-state index contributed by atoms with van der Waals surface area (Å²) in [6, 6.07) is 15.1. The first-order chi connectivity index (χ1) is 12.5. The molecule has 1 fully saturated rings. The first-order valence-electron chi connectivity index (χ1n) is 9.02. The third-order valence-electron chi connectivity index (χ3n) is 5.26. The molecule has 0 saturated carbocycles. The zero-order valence-corrected chi connectivity index (χ0v) is 15.3. The number of sulfonamides is 1. The quantitative estimate of drug-likeness (QED) is 0.903. The zero-order chi connectivity index (χ0) is 18.1. The van der Waals surface area contributed by atoms with Crippen molar-refractivity contribution in [2.45, 2.75) is 36.5 Å². The lowest BCUT2D eigenvalue weighted by atomic mass is 9.99. The van der Waals surface area contributed by atoms with Crippen molar-refractivity contribution < 1.29 is 13.2 Å². The highest BCUT2D eigenvalue weighted by atomic mass is 32.2. The molecule has 136 valence electrons. The standard InChI is InChI=1S/C20H22N2O3S/c23-20-8-4-7-16-13-18(9-10-19(16)21-20)26(24,25)22-12-11-17(14-22)15-5-2-1-3-6-15/h1-3,5-6,9-10,13,17H,4,7-8,11-12,14H2,(H,21,23). The Balaban J connectivity index is 1.58. The van der Waals surface area contributed by atoms with Crippen molar-refractivity contribution in [3.63, 3.8) is 0 Å². The first-order valence-corrected chi connectivity index (χ1v) is 10.5. The first kappa shape index (κ1) is 17.2. The predicted octanol–water partition coefficient (Wildman–Crippen LogP) is 3.14.